The number of ether oxygens (including phenoxy) is 1. The highest BCUT2D eigenvalue weighted by Crippen LogP contribution is 2.17. The summed E-state index contributed by atoms with van der Waals surface area (Å²) >= 11 is 0. The lowest BCUT2D eigenvalue weighted by molar-refractivity contribution is 0.0593. The number of nitrogens with zero attached hydrogens (tertiary/aromatic N) is 2. The first-order chi connectivity index (χ1) is 9.60. The molecule has 0 spiro atoms. The van der Waals surface area contributed by atoms with E-state index in [-0.39, 0.29) is 17.6 Å². The Morgan fingerprint density at radius 3 is 2.65 bits per heavy atom. The van der Waals surface area contributed by atoms with Crippen LogP contribution >= 0.6 is 0 Å². The molecule has 2 rings (SSSR count). The summed E-state index contributed by atoms with van der Waals surface area (Å²) < 4.78 is 17.4. The van der Waals surface area contributed by atoms with Gasteiger partial charge in [-0.3, -0.25) is 4.98 Å². The quantitative estimate of drug-likeness (QED) is 0.869. The summed E-state index contributed by atoms with van der Waals surface area (Å²) in [5, 5.41) is 3.09. The van der Waals surface area contributed by atoms with Crippen LogP contribution in [0, 0.1) is 5.82 Å². The number of carbonyl (C=O) groups excluding carboxylic acids is 1. The first kappa shape index (κ1) is 13.9. The van der Waals surface area contributed by atoms with E-state index in [9.17, 15) is 9.18 Å². The predicted octanol–water partition coefficient (Wildman–Crippen LogP) is 2.58. The van der Waals surface area contributed by atoms with Gasteiger partial charge in [-0.2, -0.15) is 0 Å². The fourth-order valence-corrected chi connectivity index (χ4v) is 1.70. The molecule has 0 aliphatic rings. The van der Waals surface area contributed by atoms with E-state index < -0.39 is 5.97 Å². The molecular weight excluding hydrogens is 261 g/mol. The fourth-order valence-electron chi connectivity index (χ4n) is 1.70. The van der Waals surface area contributed by atoms with Crippen LogP contribution in [-0.4, -0.2) is 23.0 Å². The Labute approximate surface area is 115 Å². The SMILES string of the molecule is COC(=O)c1cncc(NC(C)c2ccc(F)cc2)n1. The van der Waals surface area contributed by atoms with E-state index in [0.717, 1.165) is 5.56 Å². The number of aromatic nitrogens is 2. The third-order valence-electron chi connectivity index (χ3n) is 2.76. The van der Waals surface area contributed by atoms with Crippen molar-refractivity contribution >= 4 is 11.8 Å². The van der Waals surface area contributed by atoms with Gasteiger partial charge in [0.2, 0.25) is 0 Å². The molecule has 1 N–H and O–H groups in total. The van der Waals surface area contributed by atoms with Crippen LogP contribution in [0.1, 0.15) is 29.0 Å². The summed E-state index contributed by atoms with van der Waals surface area (Å²) in [7, 11) is 1.28. The second-order valence-electron chi connectivity index (χ2n) is 4.20. The predicted molar refractivity (Wildman–Crippen MR) is 71.8 cm³/mol. The van der Waals surface area contributed by atoms with Gasteiger partial charge in [-0.15, -0.1) is 0 Å². The van der Waals surface area contributed by atoms with Crippen molar-refractivity contribution < 1.29 is 13.9 Å². The van der Waals surface area contributed by atoms with Crippen LogP contribution in [0.4, 0.5) is 10.2 Å². The largest absolute Gasteiger partial charge is 0.464 e. The summed E-state index contributed by atoms with van der Waals surface area (Å²) in [6.45, 7) is 1.90. The molecule has 0 saturated carbocycles. The van der Waals surface area contributed by atoms with E-state index in [4.69, 9.17) is 0 Å². The zero-order valence-electron chi connectivity index (χ0n) is 11.1. The standard InChI is InChI=1S/C14H14FN3O2/c1-9(10-3-5-11(15)6-4-10)17-13-8-16-7-12(18-13)14(19)20-2/h3-9H,1-2H3,(H,17,18). The summed E-state index contributed by atoms with van der Waals surface area (Å²) in [4.78, 5) is 19.4. The van der Waals surface area contributed by atoms with E-state index >= 15 is 0 Å². The van der Waals surface area contributed by atoms with Crippen molar-refractivity contribution in [3.8, 4) is 0 Å². The van der Waals surface area contributed by atoms with E-state index in [1.165, 1.54) is 31.6 Å². The van der Waals surface area contributed by atoms with Crippen LogP contribution in [0.3, 0.4) is 0 Å². The number of rotatable bonds is 4. The molecule has 0 amide bonds. The highest BCUT2D eigenvalue weighted by atomic mass is 19.1. The zero-order valence-corrected chi connectivity index (χ0v) is 11.1. The number of hydrogen-bond acceptors (Lipinski definition) is 5. The summed E-state index contributed by atoms with van der Waals surface area (Å²) in [6.07, 6.45) is 2.84. The van der Waals surface area contributed by atoms with Crippen molar-refractivity contribution in [2.24, 2.45) is 0 Å². The van der Waals surface area contributed by atoms with Gasteiger partial charge in [0.15, 0.2) is 5.69 Å². The van der Waals surface area contributed by atoms with Gasteiger partial charge in [0, 0.05) is 6.04 Å². The molecule has 20 heavy (non-hydrogen) atoms. The van der Waals surface area contributed by atoms with Gasteiger partial charge in [0.05, 0.1) is 19.5 Å². The normalized spacial score (nSPS) is 11.8. The number of esters is 1. The van der Waals surface area contributed by atoms with Crippen molar-refractivity contribution in [2.75, 3.05) is 12.4 Å². The number of carbonyl (C=O) groups is 1. The molecule has 1 aromatic carbocycles. The number of anilines is 1. The molecule has 1 aromatic heterocycles. The van der Waals surface area contributed by atoms with Crippen LogP contribution < -0.4 is 5.32 Å². The Hall–Kier alpha value is -2.50. The molecule has 0 aliphatic carbocycles. The maximum Gasteiger partial charge on any atom is 0.358 e. The minimum Gasteiger partial charge on any atom is -0.464 e. The minimum absolute atomic E-state index is 0.0993. The van der Waals surface area contributed by atoms with Gasteiger partial charge < -0.3 is 10.1 Å². The lowest BCUT2D eigenvalue weighted by Gasteiger charge is -2.14. The van der Waals surface area contributed by atoms with Crippen LogP contribution in [0.25, 0.3) is 0 Å². The number of halogens is 1. The Morgan fingerprint density at radius 1 is 1.30 bits per heavy atom. The van der Waals surface area contributed by atoms with Crippen molar-refractivity contribution in [2.45, 2.75) is 13.0 Å². The molecule has 0 fully saturated rings. The number of benzene rings is 1. The van der Waals surface area contributed by atoms with E-state index in [2.05, 4.69) is 20.0 Å². The average molecular weight is 275 g/mol. The van der Waals surface area contributed by atoms with Gasteiger partial charge in [-0.25, -0.2) is 14.2 Å². The van der Waals surface area contributed by atoms with E-state index in [1.807, 2.05) is 6.92 Å². The molecule has 1 atom stereocenters. The van der Waals surface area contributed by atoms with Gasteiger partial charge >= 0.3 is 5.97 Å². The maximum atomic E-state index is 12.9. The first-order valence-electron chi connectivity index (χ1n) is 6.02. The van der Waals surface area contributed by atoms with Gasteiger partial charge in [-0.05, 0) is 24.6 Å². The highest BCUT2D eigenvalue weighted by molar-refractivity contribution is 5.87. The lowest BCUT2D eigenvalue weighted by Crippen LogP contribution is -2.11. The van der Waals surface area contributed by atoms with Gasteiger partial charge in [0.25, 0.3) is 0 Å². The Balaban J connectivity index is 2.13. The van der Waals surface area contributed by atoms with Crippen LogP contribution in [0.2, 0.25) is 0 Å². The number of nitrogens with one attached hydrogen (secondary N) is 1. The molecule has 0 aliphatic heterocycles. The van der Waals surface area contributed by atoms with E-state index in [0.29, 0.717) is 5.82 Å². The zero-order chi connectivity index (χ0) is 14.5. The topological polar surface area (TPSA) is 64.1 Å². The van der Waals surface area contributed by atoms with Crippen molar-refractivity contribution in [1.29, 1.82) is 0 Å². The fraction of sp³-hybridized carbons (Fsp3) is 0.214. The van der Waals surface area contributed by atoms with Crippen LogP contribution in [-0.2, 0) is 4.74 Å². The average Bonchev–Trinajstić information content (AvgIpc) is 2.47. The molecule has 5 nitrogen and oxygen atoms in total. The Morgan fingerprint density at radius 2 is 2.00 bits per heavy atom. The summed E-state index contributed by atoms with van der Waals surface area (Å²) in [6, 6.07) is 6.06. The highest BCUT2D eigenvalue weighted by Gasteiger charge is 2.11. The Bertz CT molecular complexity index is 602. The second-order valence-corrected chi connectivity index (χ2v) is 4.20. The molecule has 0 bridgehead atoms. The molecule has 6 heteroatoms. The molecule has 1 unspecified atom stereocenters. The number of methoxy groups -OCH3 is 1. The third kappa shape index (κ3) is 3.28. The number of hydrogen-bond donors (Lipinski definition) is 1. The second kappa shape index (κ2) is 6.10. The monoisotopic (exact) mass is 275 g/mol. The minimum atomic E-state index is -0.546. The smallest absolute Gasteiger partial charge is 0.358 e. The lowest BCUT2D eigenvalue weighted by atomic mass is 10.1. The molecule has 2 aromatic rings. The Kier molecular flexibility index (Phi) is 4.24. The van der Waals surface area contributed by atoms with Crippen LogP contribution in [0.5, 0.6) is 0 Å². The van der Waals surface area contributed by atoms with E-state index in [1.54, 1.807) is 12.1 Å². The first-order valence-corrected chi connectivity index (χ1v) is 6.02. The molecule has 104 valence electrons. The van der Waals surface area contributed by atoms with Crippen molar-refractivity contribution in [1.82, 2.24) is 9.97 Å². The van der Waals surface area contributed by atoms with Crippen LogP contribution in [0.15, 0.2) is 36.7 Å². The summed E-state index contributed by atoms with van der Waals surface area (Å²) in [5.41, 5.74) is 1.03. The maximum absolute atomic E-state index is 12.9. The summed E-state index contributed by atoms with van der Waals surface area (Å²) in [5.74, 6) is -0.381. The van der Waals surface area contributed by atoms with Crippen molar-refractivity contribution in [3.63, 3.8) is 0 Å². The molecule has 0 radical (unpaired) electrons. The molecule has 1 heterocycles. The van der Waals surface area contributed by atoms with Gasteiger partial charge in [-0.1, -0.05) is 12.1 Å². The van der Waals surface area contributed by atoms with Gasteiger partial charge in [0.1, 0.15) is 11.6 Å². The van der Waals surface area contributed by atoms with Crippen molar-refractivity contribution in [3.05, 3.63) is 53.7 Å². The third-order valence-corrected chi connectivity index (χ3v) is 2.76. The molecular formula is C14H14FN3O2. The molecule has 0 saturated heterocycles.